The molecule has 2 fully saturated rings. The van der Waals surface area contributed by atoms with Crippen LogP contribution >= 0.6 is 0 Å². The Morgan fingerprint density at radius 2 is 1.73 bits per heavy atom. The van der Waals surface area contributed by atoms with Gasteiger partial charge in [0.25, 0.3) is 0 Å². The van der Waals surface area contributed by atoms with Gasteiger partial charge >= 0.3 is 13.3 Å². The van der Waals surface area contributed by atoms with Crippen molar-refractivity contribution in [3.63, 3.8) is 0 Å². The van der Waals surface area contributed by atoms with Crippen LogP contribution in [-0.2, 0) is 15.9 Å². The van der Waals surface area contributed by atoms with Gasteiger partial charge in [0, 0.05) is 17.9 Å². The molecule has 0 radical (unpaired) electrons. The summed E-state index contributed by atoms with van der Waals surface area (Å²) in [5.41, 5.74) is -1.92. The van der Waals surface area contributed by atoms with Crippen LogP contribution in [0.2, 0.25) is 0 Å². The van der Waals surface area contributed by atoms with E-state index >= 15 is 0 Å². The van der Waals surface area contributed by atoms with Gasteiger partial charge in [0.05, 0.1) is 23.2 Å². The molecule has 122 valence electrons. The van der Waals surface area contributed by atoms with Gasteiger partial charge in [-0.25, -0.2) is 0 Å². The minimum atomic E-state index is -4.18. The first-order valence-electron chi connectivity index (χ1n) is 7.41. The zero-order chi connectivity index (χ0) is 16.4. The highest BCUT2D eigenvalue weighted by molar-refractivity contribution is 6.61. The first-order chi connectivity index (χ1) is 9.96. The molecule has 0 aromatic carbocycles. The normalized spacial score (nSPS) is 25.5. The van der Waals surface area contributed by atoms with Crippen molar-refractivity contribution in [2.24, 2.45) is 5.41 Å². The highest BCUT2D eigenvalue weighted by atomic mass is 19.4. The second-order valence-corrected chi connectivity index (χ2v) is 7.34. The summed E-state index contributed by atoms with van der Waals surface area (Å²) in [5, 5.41) is 4.05. The molecule has 0 spiro atoms. The SMILES string of the molecule is CC1(C)OB(c2cnn(CC3(C(F)(F)F)CC3)c2)OC1(C)C. The van der Waals surface area contributed by atoms with Crippen molar-refractivity contribution in [2.75, 3.05) is 0 Å². The molecule has 1 aromatic heterocycles. The van der Waals surface area contributed by atoms with E-state index in [4.69, 9.17) is 9.31 Å². The third-order valence-corrected chi connectivity index (χ3v) is 5.10. The van der Waals surface area contributed by atoms with E-state index in [1.807, 2.05) is 27.7 Å². The molecule has 3 rings (SSSR count). The lowest BCUT2D eigenvalue weighted by molar-refractivity contribution is -0.191. The van der Waals surface area contributed by atoms with Crippen LogP contribution in [0.4, 0.5) is 13.2 Å². The van der Waals surface area contributed by atoms with Crippen molar-refractivity contribution in [3.05, 3.63) is 12.4 Å². The van der Waals surface area contributed by atoms with E-state index in [0.717, 1.165) is 0 Å². The van der Waals surface area contributed by atoms with Crippen LogP contribution in [0.3, 0.4) is 0 Å². The Labute approximate surface area is 128 Å². The zero-order valence-corrected chi connectivity index (χ0v) is 13.2. The van der Waals surface area contributed by atoms with E-state index in [1.54, 1.807) is 6.20 Å². The molecule has 1 saturated heterocycles. The Kier molecular flexibility index (Phi) is 3.25. The maximum Gasteiger partial charge on any atom is 0.498 e. The fourth-order valence-electron chi connectivity index (χ4n) is 2.56. The van der Waals surface area contributed by atoms with Gasteiger partial charge in [0.1, 0.15) is 0 Å². The molecular formula is C14H20BF3N2O2. The van der Waals surface area contributed by atoms with E-state index < -0.39 is 29.9 Å². The first kappa shape index (κ1) is 15.9. The molecule has 0 bridgehead atoms. The molecule has 1 aliphatic carbocycles. The smallest absolute Gasteiger partial charge is 0.399 e. The number of nitrogens with zero attached hydrogens (tertiary/aromatic N) is 2. The summed E-state index contributed by atoms with van der Waals surface area (Å²) in [4.78, 5) is 0. The standard InChI is InChI=1S/C14H20BF3N2O2/c1-11(2)12(3,4)22-15(21-11)10-7-19-20(8-10)9-13(5-6-13)14(16,17)18/h7-8H,5-6,9H2,1-4H3. The maximum absolute atomic E-state index is 13.0. The Morgan fingerprint density at radius 3 is 2.18 bits per heavy atom. The molecule has 8 heteroatoms. The summed E-state index contributed by atoms with van der Waals surface area (Å²) >= 11 is 0. The predicted molar refractivity (Wildman–Crippen MR) is 75.7 cm³/mol. The Morgan fingerprint density at radius 1 is 1.18 bits per heavy atom. The fraction of sp³-hybridized carbons (Fsp3) is 0.786. The van der Waals surface area contributed by atoms with Gasteiger partial charge in [0.15, 0.2) is 0 Å². The molecule has 0 amide bonds. The van der Waals surface area contributed by atoms with Crippen molar-refractivity contribution in [1.29, 1.82) is 0 Å². The summed E-state index contributed by atoms with van der Waals surface area (Å²) < 4.78 is 52.1. The van der Waals surface area contributed by atoms with Crippen LogP contribution in [-0.4, -0.2) is 34.3 Å². The molecule has 1 saturated carbocycles. The van der Waals surface area contributed by atoms with Gasteiger partial charge in [-0.3, -0.25) is 4.68 Å². The van der Waals surface area contributed by atoms with Gasteiger partial charge in [0.2, 0.25) is 0 Å². The van der Waals surface area contributed by atoms with E-state index in [9.17, 15) is 13.2 Å². The number of halogens is 3. The minimum absolute atomic E-state index is 0.143. The minimum Gasteiger partial charge on any atom is -0.399 e. The first-order valence-corrected chi connectivity index (χ1v) is 7.41. The second-order valence-electron chi connectivity index (χ2n) is 7.34. The van der Waals surface area contributed by atoms with E-state index in [2.05, 4.69) is 5.10 Å². The third-order valence-electron chi connectivity index (χ3n) is 5.10. The average Bonchev–Trinajstić information content (AvgIpc) is 2.91. The largest absolute Gasteiger partial charge is 0.498 e. The van der Waals surface area contributed by atoms with Crippen molar-refractivity contribution in [1.82, 2.24) is 9.78 Å². The summed E-state index contributed by atoms with van der Waals surface area (Å²) in [7, 11) is -0.597. The molecule has 0 N–H and O–H groups in total. The van der Waals surface area contributed by atoms with Gasteiger partial charge in [-0.15, -0.1) is 0 Å². The monoisotopic (exact) mass is 316 g/mol. The third kappa shape index (κ3) is 2.46. The Balaban J connectivity index is 1.73. The van der Waals surface area contributed by atoms with Gasteiger partial charge in [-0.2, -0.15) is 18.3 Å². The quantitative estimate of drug-likeness (QED) is 0.804. The number of aromatic nitrogens is 2. The number of hydrogen-bond donors (Lipinski definition) is 0. The van der Waals surface area contributed by atoms with Gasteiger partial charge < -0.3 is 9.31 Å². The molecule has 0 atom stereocenters. The molecule has 2 aliphatic rings. The van der Waals surface area contributed by atoms with Crippen LogP contribution in [0.1, 0.15) is 40.5 Å². The van der Waals surface area contributed by atoms with Crippen LogP contribution in [0.15, 0.2) is 12.4 Å². The number of rotatable bonds is 3. The fourth-order valence-corrected chi connectivity index (χ4v) is 2.56. The Hall–Kier alpha value is -1.02. The van der Waals surface area contributed by atoms with Crippen molar-refractivity contribution in [3.8, 4) is 0 Å². The predicted octanol–water partition coefficient (Wildman–Crippen LogP) is 2.52. The summed E-state index contributed by atoms with van der Waals surface area (Å²) in [6.07, 6.45) is -0.726. The zero-order valence-electron chi connectivity index (χ0n) is 13.2. The number of alkyl halides is 3. The molecule has 1 aliphatic heterocycles. The number of hydrogen-bond acceptors (Lipinski definition) is 3. The molecule has 2 heterocycles. The average molecular weight is 316 g/mol. The molecule has 4 nitrogen and oxygen atoms in total. The van der Waals surface area contributed by atoms with Crippen molar-refractivity contribution in [2.45, 2.75) is 64.5 Å². The lowest BCUT2D eigenvalue weighted by Gasteiger charge is -2.32. The van der Waals surface area contributed by atoms with E-state index in [0.29, 0.717) is 5.46 Å². The highest BCUT2D eigenvalue weighted by Gasteiger charge is 2.63. The van der Waals surface area contributed by atoms with Crippen molar-refractivity contribution >= 4 is 12.6 Å². The summed E-state index contributed by atoms with van der Waals surface area (Å²) in [6.45, 7) is 7.58. The highest BCUT2D eigenvalue weighted by Crippen LogP contribution is 2.58. The van der Waals surface area contributed by atoms with Gasteiger partial charge in [-0.1, -0.05) is 0 Å². The maximum atomic E-state index is 13.0. The Bertz CT molecular complexity index is 563. The van der Waals surface area contributed by atoms with Crippen LogP contribution in [0.5, 0.6) is 0 Å². The molecule has 22 heavy (non-hydrogen) atoms. The van der Waals surface area contributed by atoms with Gasteiger partial charge in [-0.05, 0) is 40.5 Å². The second kappa shape index (κ2) is 4.51. The van der Waals surface area contributed by atoms with Crippen LogP contribution < -0.4 is 5.46 Å². The summed E-state index contributed by atoms with van der Waals surface area (Å²) in [5.74, 6) is 0. The van der Waals surface area contributed by atoms with E-state index in [1.165, 1.54) is 10.9 Å². The van der Waals surface area contributed by atoms with E-state index in [-0.39, 0.29) is 19.4 Å². The van der Waals surface area contributed by atoms with Crippen molar-refractivity contribution < 1.29 is 22.5 Å². The topological polar surface area (TPSA) is 36.3 Å². The molecule has 0 unspecified atom stereocenters. The molecular weight excluding hydrogens is 296 g/mol. The lowest BCUT2D eigenvalue weighted by Crippen LogP contribution is -2.41. The van der Waals surface area contributed by atoms with Crippen LogP contribution in [0, 0.1) is 5.41 Å². The lowest BCUT2D eigenvalue weighted by atomic mass is 9.82. The summed E-state index contributed by atoms with van der Waals surface area (Å²) in [6, 6.07) is 0. The molecule has 1 aromatic rings. The van der Waals surface area contributed by atoms with Crippen LogP contribution in [0.25, 0.3) is 0 Å².